The second kappa shape index (κ2) is 5.82. The van der Waals surface area contributed by atoms with E-state index in [0.717, 1.165) is 36.6 Å². The number of benzene rings is 1. The van der Waals surface area contributed by atoms with Gasteiger partial charge in [-0.3, -0.25) is 4.90 Å². The summed E-state index contributed by atoms with van der Waals surface area (Å²) in [7, 11) is 0. The van der Waals surface area contributed by atoms with E-state index in [2.05, 4.69) is 14.9 Å². The number of aromatic nitrogens is 2. The molecule has 1 aliphatic rings. The smallest absolute Gasteiger partial charge is 0.196 e. The summed E-state index contributed by atoms with van der Waals surface area (Å²) in [5, 5.41) is 1.47. The summed E-state index contributed by atoms with van der Waals surface area (Å²) in [5.41, 5.74) is 3.45. The van der Waals surface area contributed by atoms with Gasteiger partial charge in [-0.25, -0.2) is 4.98 Å². The lowest BCUT2D eigenvalue weighted by atomic mass is 10.1. The van der Waals surface area contributed by atoms with Gasteiger partial charge in [-0.05, 0) is 36.0 Å². The Morgan fingerprint density at radius 2 is 2.20 bits per heavy atom. The second-order valence-electron chi connectivity index (χ2n) is 4.89. The Labute approximate surface area is 132 Å². The molecule has 0 amide bonds. The van der Waals surface area contributed by atoms with E-state index in [4.69, 9.17) is 35.4 Å². The molecule has 0 unspecified atom stereocenters. The van der Waals surface area contributed by atoms with Gasteiger partial charge < -0.3 is 4.98 Å². The first-order valence-corrected chi connectivity index (χ1v) is 7.51. The minimum atomic E-state index is 0.551. The second-order valence-corrected chi connectivity index (χ2v) is 6.12. The van der Waals surface area contributed by atoms with Gasteiger partial charge in [0, 0.05) is 53.6 Å². The molecule has 2 heterocycles. The molecule has 0 bridgehead atoms. The van der Waals surface area contributed by atoms with E-state index in [1.807, 2.05) is 24.4 Å². The summed E-state index contributed by atoms with van der Waals surface area (Å²) in [6.07, 6.45) is 2.81. The standard InChI is InChI=1S/C14H13Cl2N3S/c15-11-1-2-12(16)9(5-11)7-19-4-3-13-10(8-19)6-17-14(20)18-13/h1-2,5-6H,3-4,7-8H2,(H,17,18,20). The maximum absolute atomic E-state index is 6.22. The molecule has 1 aromatic heterocycles. The SMILES string of the molecule is S=c1ncc2c([nH]1)CCN(Cc1cc(Cl)ccc1Cl)C2. The average molecular weight is 326 g/mol. The lowest BCUT2D eigenvalue weighted by molar-refractivity contribution is 0.243. The summed E-state index contributed by atoms with van der Waals surface area (Å²) < 4.78 is 0.551. The fourth-order valence-electron chi connectivity index (χ4n) is 2.45. The van der Waals surface area contributed by atoms with Crippen LogP contribution in [0, 0.1) is 4.77 Å². The lowest BCUT2D eigenvalue weighted by Gasteiger charge is -2.28. The topological polar surface area (TPSA) is 31.9 Å². The van der Waals surface area contributed by atoms with E-state index in [-0.39, 0.29) is 0 Å². The van der Waals surface area contributed by atoms with Crippen LogP contribution in [0.1, 0.15) is 16.8 Å². The normalized spacial score (nSPS) is 15.1. The Kier molecular flexibility index (Phi) is 4.08. The van der Waals surface area contributed by atoms with Gasteiger partial charge in [-0.15, -0.1) is 0 Å². The molecule has 6 heteroatoms. The molecule has 0 spiro atoms. The van der Waals surface area contributed by atoms with Crippen molar-refractivity contribution in [3.8, 4) is 0 Å². The van der Waals surface area contributed by atoms with Gasteiger partial charge in [-0.2, -0.15) is 0 Å². The van der Waals surface area contributed by atoms with Crippen molar-refractivity contribution in [2.24, 2.45) is 0 Å². The highest BCUT2D eigenvalue weighted by Gasteiger charge is 2.18. The van der Waals surface area contributed by atoms with Crippen molar-refractivity contribution in [2.75, 3.05) is 6.54 Å². The van der Waals surface area contributed by atoms with Gasteiger partial charge in [0.05, 0.1) is 0 Å². The molecule has 0 aliphatic carbocycles. The van der Waals surface area contributed by atoms with Crippen LogP contribution in [0.4, 0.5) is 0 Å². The fourth-order valence-corrected chi connectivity index (χ4v) is 2.99. The summed E-state index contributed by atoms with van der Waals surface area (Å²) in [5.74, 6) is 0. The highest BCUT2D eigenvalue weighted by molar-refractivity contribution is 7.71. The van der Waals surface area contributed by atoms with Gasteiger partial charge in [0.15, 0.2) is 4.77 Å². The Morgan fingerprint density at radius 3 is 3.05 bits per heavy atom. The predicted octanol–water partition coefficient (Wildman–Crippen LogP) is 4.00. The molecule has 2 aromatic rings. The summed E-state index contributed by atoms with van der Waals surface area (Å²) in [6, 6.07) is 5.58. The average Bonchev–Trinajstić information content (AvgIpc) is 2.43. The highest BCUT2D eigenvalue weighted by Crippen LogP contribution is 2.24. The van der Waals surface area contributed by atoms with Crippen LogP contribution >= 0.6 is 35.4 Å². The number of hydrogen-bond donors (Lipinski definition) is 1. The van der Waals surface area contributed by atoms with E-state index in [1.165, 1.54) is 11.3 Å². The lowest BCUT2D eigenvalue weighted by Crippen LogP contribution is -2.31. The number of halogens is 2. The van der Waals surface area contributed by atoms with Crippen molar-refractivity contribution in [3.05, 3.63) is 56.0 Å². The first-order valence-electron chi connectivity index (χ1n) is 6.35. The molecule has 3 rings (SSSR count). The van der Waals surface area contributed by atoms with E-state index in [0.29, 0.717) is 9.79 Å². The zero-order valence-corrected chi connectivity index (χ0v) is 13.0. The third kappa shape index (κ3) is 3.04. The number of hydrogen-bond acceptors (Lipinski definition) is 3. The highest BCUT2D eigenvalue weighted by atomic mass is 35.5. The molecule has 20 heavy (non-hydrogen) atoms. The number of nitrogens with zero attached hydrogens (tertiary/aromatic N) is 2. The Bertz CT molecular complexity index is 699. The van der Waals surface area contributed by atoms with Gasteiger partial charge >= 0.3 is 0 Å². The van der Waals surface area contributed by atoms with Crippen LogP contribution < -0.4 is 0 Å². The van der Waals surface area contributed by atoms with Crippen molar-refractivity contribution in [1.29, 1.82) is 0 Å². The molecule has 1 N–H and O–H groups in total. The predicted molar refractivity (Wildman–Crippen MR) is 83.7 cm³/mol. The van der Waals surface area contributed by atoms with E-state index in [9.17, 15) is 0 Å². The number of aromatic amines is 1. The molecule has 1 aliphatic heterocycles. The quantitative estimate of drug-likeness (QED) is 0.847. The fraction of sp³-hybridized carbons (Fsp3) is 0.286. The minimum absolute atomic E-state index is 0.551. The summed E-state index contributed by atoms with van der Waals surface area (Å²) in [6.45, 7) is 2.59. The van der Waals surface area contributed by atoms with Crippen LogP contribution in [0.2, 0.25) is 10.0 Å². The molecule has 3 nitrogen and oxygen atoms in total. The van der Waals surface area contributed by atoms with Crippen LogP contribution in [0.5, 0.6) is 0 Å². The first kappa shape index (κ1) is 14.0. The van der Waals surface area contributed by atoms with Gasteiger partial charge in [0.2, 0.25) is 0 Å². The third-order valence-electron chi connectivity index (χ3n) is 3.46. The summed E-state index contributed by atoms with van der Waals surface area (Å²) in [4.78, 5) is 9.65. The van der Waals surface area contributed by atoms with Gasteiger partial charge in [-0.1, -0.05) is 23.2 Å². The number of fused-ring (bicyclic) bond motifs is 1. The van der Waals surface area contributed by atoms with Crippen LogP contribution in [-0.4, -0.2) is 21.4 Å². The monoisotopic (exact) mass is 325 g/mol. The Morgan fingerprint density at radius 1 is 1.35 bits per heavy atom. The molecule has 1 aromatic carbocycles. The third-order valence-corrected chi connectivity index (χ3v) is 4.27. The molecule has 0 fully saturated rings. The molecule has 0 atom stereocenters. The van der Waals surface area contributed by atoms with Crippen molar-refractivity contribution in [3.63, 3.8) is 0 Å². The van der Waals surface area contributed by atoms with Crippen molar-refractivity contribution < 1.29 is 0 Å². The van der Waals surface area contributed by atoms with E-state index in [1.54, 1.807) is 0 Å². The van der Waals surface area contributed by atoms with Crippen molar-refractivity contribution in [1.82, 2.24) is 14.9 Å². The first-order chi connectivity index (χ1) is 9.61. The molecular formula is C14H13Cl2N3S. The van der Waals surface area contributed by atoms with Gasteiger partial charge in [0.25, 0.3) is 0 Å². The van der Waals surface area contributed by atoms with Crippen LogP contribution in [-0.2, 0) is 19.5 Å². The Balaban J connectivity index is 1.79. The molecular weight excluding hydrogens is 313 g/mol. The van der Waals surface area contributed by atoms with E-state index < -0.39 is 0 Å². The molecule has 0 saturated heterocycles. The molecule has 104 valence electrons. The maximum atomic E-state index is 6.22. The van der Waals surface area contributed by atoms with Crippen molar-refractivity contribution >= 4 is 35.4 Å². The zero-order chi connectivity index (χ0) is 14.1. The molecule has 0 saturated carbocycles. The maximum Gasteiger partial charge on any atom is 0.196 e. The number of rotatable bonds is 2. The minimum Gasteiger partial charge on any atom is -0.334 e. The van der Waals surface area contributed by atoms with Gasteiger partial charge in [0.1, 0.15) is 0 Å². The van der Waals surface area contributed by atoms with Crippen LogP contribution in [0.25, 0.3) is 0 Å². The van der Waals surface area contributed by atoms with E-state index >= 15 is 0 Å². The largest absolute Gasteiger partial charge is 0.334 e. The number of nitrogens with one attached hydrogen (secondary N) is 1. The Hall–Kier alpha value is -0.940. The molecule has 0 radical (unpaired) electrons. The van der Waals surface area contributed by atoms with Crippen molar-refractivity contribution in [2.45, 2.75) is 19.5 Å². The zero-order valence-electron chi connectivity index (χ0n) is 10.7. The summed E-state index contributed by atoms with van der Waals surface area (Å²) >= 11 is 17.3. The van der Waals surface area contributed by atoms with Crippen LogP contribution in [0.15, 0.2) is 24.4 Å². The number of H-pyrrole nitrogens is 1. The van der Waals surface area contributed by atoms with Crippen LogP contribution in [0.3, 0.4) is 0 Å².